The zero-order valence-electron chi connectivity index (χ0n) is 10.6. The van der Waals surface area contributed by atoms with Gasteiger partial charge < -0.3 is 4.74 Å². The predicted molar refractivity (Wildman–Crippen MR) is 62.7 cm³/mol. The maximum atomic E-state index is 5.33. The van der Waals surface area contributed by atoms with Gasteiger partial charge in [-0.25, -0.2) is 0 Å². The Hall–Kier alpha value is -0.0800. The van der Waals surface area contributed by atoms with Crippen LogP contribution < -0.4 is 0 Å². The van der Waals surface area contributed by atoms with E-state index in [1.165, 1.54) is 12.8 Å². The van der Waals surface area contributed by atoms with Gasteiger partial charge in [0.2, 0.25) is 0 Å². The minimum absolute atomic E-state index is 0.374. The van der Waals surface area contributed by atoms with Crippen molar-refractivity contribution in [1.82, 2.24) is 4.90 Å². The second-order valence-electron chi connectivity index (χ2n) is 4.16. The summed E-state index contributed by atoms with van der Waals surface area (Å²) in [7, 11) is 0. The van der Waals surface area contributed by atoms with Gasteiger partial charge in [-0.3, -0.25) is 4.90 Å². The fourth-order valence-corrected chi connectivity index (χ4v) is 1.94. The lowest BCUT2D eigenvalue weighted by atomic mass is 9.96. The molecule has 0 N–H and O–H groups in total. The van der Waals surface area contributed by atoms with Gasteiger partial charge >= 0.3 is 0 Å². The Morgan fingerprint density at radius 2 is 1.64 bits per heavy atom. The van der Waals surface area contributed by atoms with E-state index in [1.807, 2.05) is 13.8 Å². The summed E-state index contributed by atoms with van der Waals surface area (Å²) in [4.78, 5) is 2.54. The van der Waals surface area contributed by atoms with Crippen LogP contribution in [0.2, 0.25) is 0 Å². The van der Waals surface area contributed by atoms with E-state index in [0.29, 0.717) is 5.54 Å². The third kappa shape index (κ3) is 4.43. The van der Waals surface area contributed by atoms with Gasteiger partial charge in [0.15, 0.2) is 0 Å². The van der Waals surface area contributed by atoms with Crippen LogP contribution in [0.25, 0.3) is 0 Å². The van der Waals surface area contributed by atoms with Crippen LogP contribution in [-0.4, -0.2) is 36.7 Å². The molecule has 2 nitrogen and oxygen atoms in total. The average Bonchev–Trinajstić information content (AvgIpc) is 2.22. The van der Waals surface area contributed by atoms with Crippen LogP contribution in [0.4, 0.5) is 0 Å². The summed E-state index contributed by atoms with van der Waals surface area (Å²) in [6.07, 6.45) is 2.55. The molecule has 0 saturated carbocycles. The molecule has 0 unspecified atom stereocenters. The zero-order chi connectivity index (χ0) is 11.0. The topological polar surface area (TPSA) is 12.5 Å². The molecule has 0 aromatic heterocycles. The molecule has 1 aliphatic heterocycles. The predicted octanol–water partition coefficient (Wildman–Crippen LogP) is 2.92. The van der Waals surface area contributed by atoms with E-state index < -0.39 is 0 Å². The van der Waals surface area contributed by atoms with E-state index in [0.717, 1.165) is 26.3 Å². The molecule has 86 valence electrons. The molecule has 0 aromatic rings. The van der Waals surface area contributed by atoms with E-state index in [4.69, 9.17) is 4.74 Å². The molecule has 0 atom stereocenters. The van der Waals surface area contributed by atoms with Gasteiger partial charge in [-0.1, -0.05) is 27.2 Å². The van der Waals surface area contributed by atoms with Crippen LogP contribution in [-0.2, 0) is 4.74 Å². The second-order valence-corrected chi connectivity index (χ2v) is 4.16. The molecule has 0 spiro atoms. The highest BCUT2D eigenvalue weighted by Crippen LogP contribution is 2.21. The van der Waals surface area contributed by atoms with Crippen LogP contribution in [0, 0.1) is 0 Å². The smallest absolute Gasteiger partial charge is 0.0594 e. The number of nitrogens with zero attached hydrogens (tertiary/aromatic N) is 1. The lowest BCUT2D eigenvalue weighted by molar-refractivity contribution is -0.0129. The third-order valence-corrected chi connectivity index (χ3v) is 2.73. The van der Waals surface area contributed by atoms with Crippen molar-refractivity contribution in [3.8, 4) is 0 Å². The highest BCUT2D eigenvalue weighted by Gasteiger charge is 2.26. The monoisotopic (exact) mass is 201 g/mol. The van der Waals surface area contributed by atoms with Crippen LogP contribution >= 0.6 is 0 Å². The third-order valence-electron chi connectivity index (χ3n) is 2.73. The van der Waals surface area contributed by atoms with Crippen LogP contribution in [0.3, 0.4) is 0 Å². The molecule has 1 aliphatic rings. The molecule has 0 bridgehead atoms. The first-order chi connectivity index (χ1) is 6.67. The Bertz CT molecular complexity index is 128. The van der Waals surface area contributed by atoms with E-state index in [1.54, 1.807) is 0 Å². The average molecular weight is 201 g/mol. The maximum Gasteiger partial charge on any atom is 0.0594 e. The molecule has 1 rings (SSSR count). The minimum Gasteiger partial charge on any atom is -0.379 e. The van der Waals surface area contributed by atoms with Crippen molar-refractivity contribution in [3.63, 3.8) is 0 Å². The highest BCUT2D eigenvalue weighted by atomic mass is 16.5. The summed E-state index contributed by atoms with van der Waals surface area (Å²) in [5.74, 6) is 0. The van der Waals surface area contributed by atoms with E-state index in [-0.39, 0.29) is 0 Å². The maximum absolute atomic E-state index is 5.33. The van der Waals surface area contributed by atoms with Gasteiger partial charge in [0.1, 0.15) is 0 Å². The van der Waals surface area contributed by atoms with Crippen LogP contribution in [0.1, 0.15) is 47.5 Å². The summed E-state index contributed by atoms with van der Waals surface area (Å²) in [5, 5.41) is 0. The van der Waals surface area contributed by atoms with E-state index in [9.17, 15) is 0 Å². The number of rotatable bonds is 3. The first-order valence-corrected chi connectivity index (χ1v) is 5.99. The van der Waals surface area contributed by atoms with Crippen molar-refractivity contribution in [3.05, 3.63) is 0 Å². The first-order valence-electron chi connectivity index (χ1n) is 5.99. The van der Waals surface area contributed by atoms with Crippen LogP contribution in [0.15, 0.2) is 0 Å². The molecule has 0 radical (unpaired) electrons. The molecule has 0 aromatic carbocycles. The van der Waals surface area contributed by atoms with Crippen molar-refractivity contribution in [2.45, 2.75) is 53.0 Å². The van der Waals surface area contributed by atoms with Gasteiger partial charge in [0, 0.05) is 18.6 Å². The van der Waals surface area contributed by atoms with Crippen molar-refractivity contribution in [1.29, 1.82) is 0 Å². The summed E-state index contributed by atoms with van der Waals surface area (Å²) >= 11 is 0. The molecule has 1 heterocycles. The van der Waals surface area contributed by atoms with Gasteiger partial charge in [0.25, 0.3) is 0 Å². The second kappa shape index (κ2) is 7.24. The van der Waals surface area contributed by atoms with Gasteiger partial charge in [-0.2, -0.15) is 0 Å². The van der Waals surface area contributed by atoms with Gasteiger partial charge in [0.05, 0.1) is 13.2 Å². The Balaban J connectivity index is 0.000000791. The highest BCUT2D eigenvalue weighted by molar-refractivity contribution is 4.82. The number of hydrogen-bond acceptors (Lipinski definition) is 2. The first kappa shape index (κ1) is 13.9. The molecule has 14 heavy (non-hydrogen) atoms. The summed E-state index contributed by atoms with van der Waals surface area (Å²) in [6.45, 7) is 15.0. The fourth-order valence-electron chi connectivity index (χ4n) is 1.94. The Morgan fingerprint density at radius 1 is 1.14 bits per heavy atom. The van der Waals surface area contributed by atoms with E-state index >= 15 is 0 Å². The lowest BCUT2D eigenvalue weighted by Crippen LogP contribution is -2.49. The van der Waals surface area contributed by atoms with Crippen molar-refractivity contribution < 1.29 is 4.74 Å². The molecule has 0 amide bonds. The molecular weight excluding hydrogens is 174 g/mol. The fraction of sp³-hybridized carbons (Fsp3) is 1.00. The van der Waals surface area contributed by atoms with Gasteiger partial charge in [-0.15, -0.1) is 0 Å². The minimum atomic E-state index is 0.374. The number of morpholine rings is 1. The van der Waals surface area contributed by atoms with Crippen molar-refractivity contribution in [2.75, 3.05) is 26.3 Å². The molecule has 1 fully saturated rings. The molecule has 2 heteroatoms. The van der Waals surface area contributed by atoms with Crippen LogP contribution in [0.5, 0.6) is 0 Å². The van der Waals surface area contributed by atoms with E-state index in [2.05, 4.69) is 25.7 Å². The number of hydrogen-bond donors (Lipinski definition) is 0. The summed E-state index contributed by atoms with van der Waals surface area (Å²) < 4.78 is 5.33. The summed E-state index contributed by atoms with van der Waals surface area (Å²) in [6, 6.07) is 0. The Kier molecular flexibility index (Phi) is 7.20. The molecule has 1 saturated heterocycles. The Morgan fingerprint density at radius 3 is 2.07 bits per heavy atom. The van der Waals surface area contributed by atoms with Crippen molar-refractivity contribution in [2.24, 2.45) is 0 Å². The largest absolute Gasteiger partial charge is 0.379 e. The van der Waals surface area contributed by atoms with Gasteiger partial charge in [-0.05, 0) is 20.3 Å². The zero-order valence-corrected chi connectivity index (χ0v) is 10.6. The SMILES string of the molecule is CC.CCCC(C)(C)N1CCOCC1. The normalized spacial score (nSPS) is 18.6. The lowest BCUT2D eigenvalue weighted by Gasteiger charge is -2.40. The standard InChI is InChI=1S/C10H21NO.C2H6/c1-4-5-10(2,3)11-6-8-12-9-7-11;1-2/h4-9H2,1-3H3;1-2H3. The van der Waals surface area contributed by atoms with Crippen molar-refractivity contribution >= 4 is 0 Å². The quantitative estimate of drug-likeness (QED) is 0.696. The summed E-state index contributed by atoms with van der Waals surface area (Å²) in [5.41, 5.74) is 0.374. The molecular formula is C12H27NO. The molecule has 0 aliphatic carbocycles. The Labute approximate surface area is 89.6 Å². The number of ether oxygens (including phenoxy) is 1.